The highest BCUT2D eigenvalue weighted by Crippen LogP contribution is 2.50. The molecular formula is C15H25NO3. The van der Waals surface area contributed by atoms with Gasteiger partial charge in [0.1, 0.15) is 6.04 Å². The molecule has 1 N–H and O–H groups in total. The molecule has 0 amide bonds. The van der Waals surface area contributed by atoms with Crippen LogP contribution in [0.25, 0.3) is 0 Å². The third-order valence-corrected chi connectivity index (χ3v) is 5.74. The van der Waals surface area contributed by atoms with E-state index in [-0.39, 0.29) is 12.0 Å². The lowest BCUT2D eigenvalue weighted by atomic mass is 9.74. The largest absolute Gasteiger partial charge is 0.480 e. The Balaban J connectivity index is 1.82. The average molecular weight is 267 g/mol. The van der Waals surface area contributed by atoms with E-state index in [1.54, 1.807) is 0 Å². The summed E-state index contributed by atoms with van der Waals surface area (Å²) in [6.07, 6.45) is 6.96. The summed E-state index contributed by atoms with van der Waals surface area (Å²) in [6, 6.07) is 0.213. The van der Waals surface area contributed by atoms with Crippen molar-refractivity contribution in [1.82, 2.24) is 4.90 Å². The fourth-order valence-electron chi connectivity index (χ4n) is 4.71. The quantitative estimate of drug-likeness (QED) is 0.832. The topological polar surface area (TPSA) is 49.8 Å². The molecule has 19 heavy (non-hydrogen) atoms. The summed E-state index contributed by atoms with van der Waals surface area (Å²) >= 11 is 0. The number of aliphatic carboxylic acids is 1. The van der Waals surface area contributed by atoms with E-state index < -0.39 is 5.97 Å². The van der Waals surface area contributed by atoms with Crippen LogP contribution in [-0.4, -0.2) is 47.8 Å². The molecule has 2 saturated heterocycles. The van der Waals surface area contributed by atoms with Gasteiger partial charge in [0.25, 0.3) is 0 Å². The van der Waals surface area contributed by atoms with Crippen LogP contribution < -0.4 is 0 Å². The zero-order valence-electron chi connectivity index (χ0n) is 11.8. The molecule has 4 heteroatoms. The number of rotatable bonds is 2. The van der Waals surface area contributed by atoms with Crippen LogP contribution in [0, 0.1) is 11.3 Å². The fourth-order valence-corrected chi connectivity index (χ4v) is 4.71. The van der Waals surface area contributed by atoms with Gasteiger partial charge in [0.15, 0.2) is 0 Å². The van der Waals surface area contributed by atoms with Gasteiger partial charge in [-0.15, -0.1) is 0 Å². The van der Waals surface area contributed by atoms with E-state index in [4.69, 9.17) is 4.74 Å². The maximum atomic E-state index is 11.6. The molecule has 0 bridgehead atoms. The van der Waals surface area contributed by atoms with Crippen LogP contribution in [0.15, 0.2) is 0 Å². The number of ether oxygens (including phenoxy) is 1. The molecule has 3 rings (SSSR count). The smallest absolute Gasteiger partial charge is 0.321 e. The second-order valence-corrected chi connectivity index (χ2v) is 6.67. The molecule has 0 aromatic rings. The lowest BCUT2D eigenvalue weighted by Gasteiger charge is -2.44. The first kappa shape index (κ1) is 13.4. The summed E-state index contributed by atoms with van der Waals surface area (Å²) in [4.78, 5) is 13.9. The summed E-state index contributed by atoms with van der Waals surface area (Å²) in [7, 11) is 0. The monoisotopic (exact) mass is 267 g/mol. The Morgan fingerprint density at radius 1 is 1.26 bits per heavy atom. The molecular weight excluding hydrogens is 242 g/mol. The van der Waals surface area contributed by atoms with Gasteiger partial charge in [-0.3, -0.25) is 9.69 Å². The molecule has 3 aliphatic rings. The molecule has 2 aliphatic heterocycles. The Labute approximate surface area is 115 Å². The van der Waals surface area contributed by atoms with E-state index in [1.165, 1.54) is 19.3 Å². The minimum absolute atomic E-state index is 0.261. The van der Waals surface area contributed by atoms with E-state index in [0.717, 1.165) is 39.0 Å². The third-order valence-electron chi connectivity index (χ3n) is 5.74. The second kappa shape index (κ2) is 5.06. The molecule has 3 atom stereocenters. The van der Waals surface area contributed by atoms with Crippen LogP contribution in [0.2, 0.25) is 0 Å². The Morgan fingerprint density at radius 2 is 2.00 bits per heavy atom. The molecule has 1 spiro atoms. The van der Waals surface area contributed by atoms with Crippen molar-refractivity contribution in [3.8, 4) is 0 Å². The van der Waals surface area contributed by atoms with Crippen molar-refractivity contribution >= 4 is 5.97 Å². The van der Waals surface area contributed by atoms with Crippen LogP contribution >= 0.6 is 0 Å². The van der Waals surface area contributed by atoms with Crippen LogP contribution in [0.4, 0.5) is 0 Å². The highest BCUT2D eigenvalue weighted by molar-refractivity contribution is 5.74. The maximum Gasteiger partial charge on any atom is 0.321 e. The second-order valence-electron chi connectivity index (χ2n) is 6.67. The van der Waals surface area contributed by atoms with Crippen molar-refractivity contribution in [2.45, 2.75) is 57.5 Å². The highest BCUT2D eigenvalue weighted by Gasteiger charge is 2.51. The van der Waals surface area contributed by atoms with Gasteiger partial charge in [0.05, 0.1) is 0 Å². The molecule has 3 fully saturated rings. The number of hydrogen-bond donors (Lipinski definition) is 1. The lowest BCUT2D eigenvalue weighted by molar-refractivity contribution is -0.145. The average Bonchev–Trinajstić information content (AvgIpc) is 2.94. The van der Waals surface area contributed by atoms with Crippen molar-refractivity contribution in [2.24, 2.45) is 11.3 Å². The van der Waals surface area contributed by atoms with Gasteiger partial charge in [-0.1, -0.05) is 13.3 Å². The van der Waals surface area contributed by atoms with Crippen molar-refractivity contribution in [2.75, 3.05) is 19.8 Å². The molecule has 1 aliphatic carbocycles. The predicted molar refractivity (Wildman–Crippen MR) is 72.0 cm³/mol. The Hall–Kier alpha value is -0.610. The summed E-state index contributed by atoms with van der Waals surface area (Å²) < 4.78 is 5.53. The van der Waals surface area contributed by atoms with E-state index in [2.05, 4.69) is 11.8 Å². The first-order valence-corrected chi connectivity index (χ1v) is 7.70. The lowest BCUT2D eigenvalue weighted by Crippen LogP contribution is -2.52. The molecule has 0 aromatic heterocycles. The zero-order valence-corrected chi connectivity index (χ0v) is 11.8. The van der Waals surface area contributed by atoms with Crippen LogP contribution in [0.5, 0.6) is 0 Å². The Kier molecular flexibility index (Phi) is 3.56. The van der Waals surface area contributed by atoms with Crippen molar-refractivity contribution in [3.63, 3.8) is 0 Å². The predicted octanol–water partition coefficient (Wildman–Crippen LogP) is 2.13. The normalized spacial score (nSPS) is 38.9. The number of nitrogens with zero attached hydrogens (tertiary/aromatic N) is 1. The van der Waals surface area contributed by atoms with E-state index >= 15 is 0 Å². The van der Waals surface area contributed by atoms with Gasteiger partial charge >= 0.3 is 5.97 Å². The third kappa shape index (κ3) is 2.19. The summed E-state index contributed by atoms with van der Waals surface area (Å²) in [5.74, 6) is -0.339. The van der Waals surface area contributed by atoms with Gasteiger partial charge in [-0.2, -0.15) is 0 Å². The van der Waals surface area contributed by atoms with Crippen molar-refractivity contribution in [1.29, 1.82) is 0 Å². The summed E-state index contributed by atoms with van der Waals surface area (Å²) in [6.45, 7) is 4.77. The van der Waals surface area contributed by atoms with Crippen LogP contribution in [-0.2, 0) is 9.53 Å². The minimum Gasteiger partial charge on any atom is -0.480 e. The van der Waals surface area contributed by atoms with Gasteiger partial charge in [-0.25, -0.2) is 0 Å². The van der Waals surface area contributed by atoms with Gasteiger partial charge in [0, 0.05) is 19.3 Å². The number of carboxylic acids is 1. The van der Waals surface area contributed by atoms with E-state index in [9.17, 15) is 9.90 Å². The number of hydrogen-bond acceptors (Lipinski definition) is 3. The van der Waals surface area contributed by atoms with Crippen LogP contribution in [0.3, 0.4) is 0 Å². The molecule has 0 radical (unpaired) electrons. The van der Waals surface area contributed by atoms with Gasteiger partial charge in [0.2, 0.25) is 0 Å². The van der Waals surface area contributed by atoms with E-state index in [1.807, 2.05) is 0 Å². The molecule has 2 heterocycles. The molecule has 108 valence electrons. The van der Waals surface area contributed by atoms with Crippen molar-refractivity contribution < 1.29 is 14.6 Å². The molecule has 1 saturated carbocycles. The Morgan fingerprint density at radius 3 is 2.68 bits per heavy atom. The number of carbonyl (C=O) groups is 1. The van der Waals surface area contributed by atoms with E-state index in [0.29, 0.717) is 11.5 Å². The zero-order chi connectivity index (χ0) is 13.5. The first-order chi connectivity index (χ1) is 9.14. The summed E-state index contributed by atoms with van der Waals surface area (Å²) in [5, 5.41) is 9.53. The standard InChI is InChI=1S/C15H25NO3/c1-11-4-8-16(13(11)14(17)18)12-3-2-5-15(12)6-9-19-10-7-15/h11-13H,2-10H2,1H3,(H,17,18). The summed E-state index contributed by atoms with van der Waals surface area (Å²) in [5.41, 5.74) is 0.343. The minimum atomic E-state index is -0.626. The fraction of sp³-hybridized carbons (Fsp3) is 0.933. The van der Waals surface area contributed by atoms with Crippen molar-refractivity contribution in [3.05, 3.63) is 0 Å². The SMILES string of the molecule is CC1CCN(C2CCCC23CCOCC3)C1C(=O)O. The number of likely N-dealkylation sites (tertiary alicyclic amines) is 1. The first-order valence-electron chi connectivity index (χ1n) is 7.70. The van der Waals surface area contributed by atoms with Gasteiger partial charge in [-0.05, 0) is 50.0 Å². The highest BCUT2D eigenvalue weighted by atomic mass is 16.5. The molecule has 0 aromatic carbocycles. The Bertz CT molecular complexity index is 351. The number of carboxylic acid groups (broad SMARTS) is 1. The van der Waals surface area contributed by atoms with Gasteiger partial charge < -0.3 is 9.84 Å². The maximum absolute atomic E-state index is 11.6. The molecule has 4 nitrogen and oxygen atoms in total. The van der Waals surface area contributed by atoms with Crippen LogP contribution in [0.1, 0.15) is 45.4 Å². The molecule has 3 unspecified atom stereocenters.